The molecule has 5 nitrogen and oxygen atoms in total. The van der Waals surface area contributed by atoms with Crippen molar-refractivity contribution in [3.05, 3.63) is 46.5 Å². The number of nitrogen functional groups attached to an aromatic ring is 1. The highest BCUT2D eigenvalue weighted by Crippen LogP contribution is 2.36. The van der Waals surface area contributed by atoms with Crippen molar-refractivity contribution in [2.75, 3.05) is 5.73 Å². The molecule has 7 heteroatoms. The molecule has 0 aliphatic carbocycles. The molecule has 0 amide bonds. The molecular weight excluding hydrogens is 312 g/mol. The van der Waals surface area contributed by atoms with Crippen molar-refractivity contribution in [3.63, 3.8) is 0 Å². The Kier molecular flexibility index (Phi) is 4.13. The fourth-order valence-electron chi connectivity index (χ4n) is 2.03. The van der Waals surface area contributed by atoms with Crippen molar-refractivity contribution < 1.29 is 13.2 Å². The summed E-state index contributed by atoms with van der Waals surface area (Å²) in [6.45, 7) is 3.68. The van der Waals surface area contributed by atoms with Crippen LogP contribution >= 0.6 is 11.6 Å². The number of ether oxygens (including phenoxy) is 1. The van der Waals surface area contributed by atoms with Gasteiger partial charge in [-0.25, -0.2) is 13.6 Å². The van der Waals surface area contributed by atoms with Crippen molar-refractivity contribution in [2.24, 2.45) is 5.14 Å². The molecule has 0 aliphatic heterocycles. The van der Waals surface area contributed by atoms with Crippen molar-refractivity contribution in [1.29, 1.82) is 0 Å². The van der Waals surface area contributed by atoms with E-state index in [0.29, 0.717) is 10.8 Å². The van der Waals surface area contributed by atoms with E-state index in [1.165, 1.54) is 12.1 Å². The Morgan fingerprint density at radius 1 is 1.14 bits per heavy atom. The Bertz CT molecular complexity index is 781. The predicted octanol–water partition coefficient (Wildman–Crippen LogP) is 2.98. The van der Waals surface area contributed by atoms with E-state index in [2.05, 4.69) is 0 Å². The smallest absolute Gasteiger partial charge is 0.240 e. The first-order chi connectivity index (χ1) is 9.70. The number of hydrogen-bond acceptors (Lipinski definition) is 4. The van der Waals surface area contributed by atoms with E-state index in [0.717, 1.165) is 11.1 Å². The Labute approximate surface area is 128 Å². The monoisotopic (exact) mass is 326 g/mol. The minimum atomic E-state index is -3.90. The average molecular weight is 327 g/mol. The van der Waals surface area contributed by atoms with E-state index in [1.54, 1.807) is 18.2 Å². The average Bonchev–Trinajstić information content (AvgIpc) is 2.33. The zero-order chi connectivity index (χ0) is 15.8. The number of anilines is 1. The lowest BCUT2D eigenvalue weighted by atomic mass is 10.1. The maximum Gasteiger partial charge on any atom is 0.240 e. The third kappa shape index (κ3) is 3.29. The molecule has 112 valence electrons. The molecule has 0 bridgehead atoms. The molecule has 0 radical (unpaired) electrons. The van der Waals surface area contributed by atoms with E-state index in [-0.39, 0.29) is 16.3 Å². The van der Waals surface area contributed by atoms with E-state index in [9.17, 15) is 8.42 Å². The van der Waals surface area contributed by atoms with Crippen LogP contribution in [0.15, 0.2) is 35.2 Å². The molecule has 21 heavy (non-hydrogen) atoms. The summed E-state index contributed by atoms with van der Waals surface area (Å²) in [7, 11) is -3.90. The van der Waals surface area contributed by atoms with Crippen LogP contribution in [0.5, 0.6) is 11.5 Å². The summed E-state index contributed by atoms with van der Waals surface area (Å²) in [4.78, 5) is -0.163. The van der Waals surface area contributed by atoms with Crippen LogP contribution in [0.4, 0.5) is 5.69 Å². The van der Waals surface area contributed by atoms with E-state index in [4.69, 9.17) is 27.2 Å². The van der Waals surface area contributed by atoms with Gasteiger partial charge in [0.25, 0.3) is 0 Å². The quantitative estimate of drug-likeness (QED) is 0.847. The molecule has 0 spiro atoms. The third-order valence-corrected chi connectivity index (χ3v) is 4.16. The van der Waals surface area contributed by atoms with Crippen molar-refractivity contribution in [3.8, 4) is 11.5 Å². The SMILES string of the molecule is Cc1cc(Cl)cc(C)c1Oc1cccc(S(N)(=O)=O)c1N. The van der Waals surface area contributed by atoms with Crippen LogP contribution in [0.3, 0.4) is 0 Å². The third-order valence-electron chi connectivity index (χ3n) is 2.97. The molecule has 4 N–H and O–H groups in total. The van der Waals surface area contributed by atoms with Crippen LogP contribution < -0.4 is 15.6 Å². The highest BCUT2D eigenvalue weighted by molar-refractivity contribution is 7.89. The second-order valence-electron chi connectivity index (χ2n) is 4.68. The van der Waals surface area contributed by atoms with Gasteiger partial charge < -0.3 is 10.5 Å². The summed E-state index contributed by atoms with van der Waals surface area (Å²) >= 11 is 5.97. The minimum Gasteiger partial charge on any atom is -0.455 e. The van der Waals surface area contributed by atoms with Crippen LogP contribution in [0.1, 0.15) is 11.1 Å². The molecule has 2 rings (SSSR count). The van der Waals surface area contributed by atoms with Crippen LogP contribution in [-0.4, -0.2) is 8.42 Å². The predicted molar refractivity (Wildman–Crippen MR) is 83.2 cm³/mol. The summed E-state index contributed by atoms with van der Waals surface area (Å²) in [6.07, 6.45) is 0. The lowest BCUT2D eigenvalue weighted by molar-refractivity contribution is 0.476. The van der Waals surface area contributed by atoms with Gasteiger partial charge in [0.15, 0.2) is 5.75 Å². The highest BCUT2D eigenvalue weighted by atomic mass is 35.5. The number of rotatable bonds is 3. The number of nitrogens with two attached hydrogens (primary N) is 2. The topological polar surface area (TPSA) is 95.4 Å². The minimum absolute atomic E-state index is 0.0197. The van der Waals surface area contributed by atoms with E-state index < -0.39 is 10.0 Å². The maximum absolute atomic E-state index is 11.5. The molecule has 0 saturated carbocycles. The van der Waals surface area contributed by atoms with Gasteiger partial charge in [-0.15, -0.1) is 0 Å². The molecule has 0 heterocycles. The van der Waals surface area contributed by atoms with Crippen LogP contribution in [0, 0.1) is 13.8 Å². The molecule has 0 fully saturated rings. The first-order valence-electron chi connectivity index (χ1n) is 6.06. The van der Waals surface area contributed by atoms with Gasteiger partial charge in [-0.2, -0.15) is 0 Å². The fourth-order valence-corrected chi connectivity index (χ4v) is 3.03. The fraction of sp³-hybridized carbons (Fsp3) is 0.143. The van der Waals surface area contributed by atoms with Crippen LogP contribution in [0.2, 0.25) is 5.02 Å². The zero-order valence-corrected chi connectivity index (χ0v) is 13.1. The lowest BCUT2D eigenvalue weighted by Crippen LogP contribution is -2.14. The standard InChI is InChI=1S/C14H15ClN2O3S/c1-8-6-10(15)7-9(2)14(8)20-11-4-3-5-12(13(11)16)21(17,18)19/h3-7H,16H2,1-2H3,(H2,17,18,19). The molecule has 0 aromatic heterocycles. The van der Waals surface area contributed by atoms with Crippen molar-refractivity contribution in [2.45, 2.75) is 18.7 Å². The van der Waals surface area contributed by atoms with Gasteiger partial charge in [-0.3, -0.25) is 0 Å². The van der Waals surface area contributed by atoms with Crippen LogP contribution in [0.25, 0.3) is 0 Å². The lowest BCUT2D eigenvalue weighted by Gasteiger charge is -2.15. The van der Waals surface area contributed by atoms with Crippen molar-refractivity contribution >= 4 is 27.3 Å². The number of halogens is 1. The summed E-state index contributed by atoms with van der Waals surface area (Å²) < 4.78 is 28.7. The Morgan fingerprint density at radius 2 is 1.71 bits per heavy atom. The molecule has 2 aromatic rings. The largest absolute Gasteiger partial charge is 0.455 e. The number of benzene rings is 2. The van der Waals surface area contributed by atoms with Gasteiger partial charge >= 0.3 is 0 Å². The Balaban J connectivity index is 2.51. The second-order valence-corrected chi connectivity index (χ2v) is 6.65. The van der Waals surface area contributed by atoms with Crippen molar-refractivity contribution in [1.82, 2.24) is 0 Å². The maximum atomic E-state index is 11.5. The zero-order valence-electron chi connectivity index (χ0n) is 11.6. The summed E-state index contributed by atoms with van der Waals surface area (Å²) in [5.41, 5.74) is 7.46. The normalized spacial score (nSPS) is 11.4. The highest BCUT2D eigenvalue weighted by Gasteiger charge is 2.17. The van der Waals surface area contributed by atoms with Gasteiger partial charge in [0, 0.05) is 5.02 Å². The van der Waals surface area contributed by atoms with E-state index in [1.807, 2.05) is 13.8 Å². The summed E-state index contributed by atoms with van der Waals surface area (Å²) in [5, 5.41) is 5.72. The molecule has 0 unspecified atom stereocenters. The first kappa shape index (κ1) is 15.6. The number of aryl methyl sites for hydroxylation is 2. The van der Waals surface area contributed by atoms with Gasteiger partial charge in [-0.1, -0.05) is 17.7 Å². The first-order valence-corrected chi connectivity index (χ1v) is 7.98. The molecule has 0 atom stereocenters. The summed E-state index contributed by atoms with van der Waals surface area (Å²) in [5.74, 6) is 0.813. The van der Waals surface area contributed by atoms with Gasteiger partial charge in [0.2, 0.25) is 10.0 Å². The molecule has 0 aliphatic rings. The number of para-hydroxylation sites is 1. The van der Waals surface area contributed by atoms with Gasteiger partial charge in [0.05, 0.1) is 5.69 Å². The number of sulfonamides is 1. The molecular formula is C14H15ClN2O3S. The Morgan fingerprint density at radius 3 is 2.24 bits per heavy atom. The number of primary sulfonamides is 1. The summed E-state index contributed by atoms with van der Waals surface area (Å²) in [6, 6.07) is 7.94. The Hall–Kier alpha value is -1.76. The van der Waals surface area contributed by atoms with E-state index >= 15 is 0 Å². The molecule has 2 aromatic carbocycles. The van der Waals surface area contributed by atoms with Crippen LogP contribution in [-0.2, 0) is 10.0 Å². The number of hydrogen-bond donors (Lipinski definition) is 2. The van der Waals surface area contributed by atoms with Gasteiger partial charge in [0.1, 0.15) is 10.6 Å². The second kappa shape index (κ2) is 5.55. The van der Waals surface area contributed by atoms with Gasteiger partial charge in [-0.05, 0) is 49.2 Å². The molecule has 0 saturated heterocycles.